The van der Waals surface area contributed by atoms with E-state index in [1.54, 1.807) is 7.11 Å². The zero-order chi connectivity index (χ0) is 14.2. The van der Waals surface area contributed by atoms with E-state index in [4.69, 9.17) is 19.9 Å². The maximum absolute atomic E-state index is 6.14. The molecule has 0 spiro atoms. The number of ether oxygens (including phenoxy) is 3. The van der Waals surface area contributed by atoms with Gasteiger partial charge in [0.15, 0.2) is 11.5 Å². The van der Waals surface area contributed by atoms with Gasteiger partial charge in [-0.05, 0) is 28.8 Å². The first-order chi connectivity index (χ1) is 9.72. The van der Waals surface area contributed by atoms with Gasteiger partial charge in [-0.15, -0.1) is 0 Å². The van der Waals surface area contributed by atoms with Crippen LogP contribution in [-0.2, 0) is 5.41 Å². The highest BCUT2D eigenvalue weighted by atomic mass is 79.9. The lowest BCUT2D eigenvalue weighted by Crippen LogP contribution is -2.34. The standard InChI is InChI=1S/C15H20BrNO3/c1-18-13-10(16)8-11-14(20-7-6-19-11)12(13)15(9-17)4-2-3-5-15/h8H,2-7,9,17H2,1H3. The first-order valence-corrected chi connectivity index (χ1v) is 7.88. The van der Waals surface area contributed by atoms with Gasteiger partial charge >= 0.3 is 0 Å². The summed E-state index contributed by atoms with van der Waals surface area (Å²) in [7, 11) is 1.69. The number of fused-ring (bicyclic) bond motifs is 1. The van der Waals surface area contributed by atoms with Crippen LogP contribution in [0.2, 0.25) is 0 Å². The van der Waals surface area contributed by atoms with E-state index in [2.05, 4.69) is 15.9 Å². The average Bonchev–Trinajstić information content (AvgIpc) is 2.95. The fourth-order valence-corrected chi connectivity index (χ4v) is 4.00. The molecule has 0 unspecified atom stereocenters. The summed E-state index contributed by atoms with van der Waals surface area (Å²) >= 11 is 3.59. The maximum Gasteiger partial charge on any atom is 0.168 e. The monoisotopic (exact) mass is 341 g/mol. The predicted octanol–water partition coefficient (Wildman–Crippen LogP) is 3.00. The van der Waals surface area contributed by atoms with E-state index >= 15 is 0 Å². The summed E-state index contributed by atoms with van der Waals surface area (Å²) in [5, 5.41) is 0. The Morgan fingerprint density at radius 2 is 2.00 bits per heavy atom. The molecular formula is C15H20BrNO3. The number of hydrogen-bond acceptors (Lipinski definition) is 4. The van der Waals surface area contributed by atoms with Crippen LogP contribution in [-0.4, -0.2) is 26.9 Å². The van der Waals surface area contributed by atoms with Gasteiger partial charge in [0.1, 0.15) is 19.0 Å². The van der Waals surface area contributed by atoms with Crippen molar-refractivity contribution in [1.82, 2.24) is 0 Å². The molecule has 3 rings (SSSR count). The highest BCUT2D eigenvalue weighted by Gasteiger charge is 2.41. The molecule has 5 heteroatoms. The van der Waals surface area contributed by atoms with Gasteiger partial charge in [0, 0.05) is 23.6 Å². The Morgan fingerprint density at radius 3 is 2.65 bits per heavy atom. The molecule has 0 bridgehead atoms. The summed E-state index contributed by atoms with van der Waals surface area (Å²) in [5.74, 6) is 2.45. The van der Waals surface area contributed by atoms with E-state index in [9.17, 15) is 0 Å². The summed E-state index contributed by atoms with van der Waals surface area (Å²) in [6, 6.07) is 1.93. The third-order valence-corrected chi connectivity index (χ3v) is 5.01. The van der Waals surface area contributed by atoms with Crippen LogP contribution in [0.3, 0.4) is 0 Å². The zero-order valence-corrected chi connectivity index (χ0v) is 13.3. The smallest absolute Gasteiger partial charge is 0.168 e. The fourth-order valence-electron chi connectivity index (χ4n) is 3.43. The second-order valence-corrected chi connectivity index (χ2v) is 6.34. The second kappa shape index (κ2) is 5.45. The molecule has 20 heavy (non-hydrogen) atoms. The van der Waals surface area contributed by atoms with Gasteiger partial charge in [-0.3, -0.25) is 0 Å². The first-order valence-electron chi connectivity index (χ1n) is 7.08. The first kappa shape index (κ1) is 14.0. The number of nitrogens with two attached hydrogens (primary N) is 1. The van der Waals surface area contributed by atoms with Gasteiger partial charge in [-0.2, -0.15) is 0 Å². The largest absolute Gasteiger partial charge is 0.495 e. The van der Waals surface area contributed by atoms with Crippen molar-refractivity contribution in [2.45, 2.75) is 31.1 Å². The summed E-state index contributed by atoms with van der Waals surface area (Å²) in [6.07, 6.45) is 4.54. The van der Waals surface area contributed by atoms with Crippen LogP contribution in [0.1, 0.15) is 31.2 Å². The summed E-state index contributed by atoms with van der Waals surface area (Å²) < 4.78 is 18.2. The van der Waals surface area contributed by atoms with E-state index in [1.807, 2.05) is 6.07 Å². The van der Waals surface area contributed by atoms with Crippen LogP contribution >= 0.6 is 15.9 Å². The lowest BCUT2D eigenvalue weighted by atomic mass is 9.77. The zero-order valence-electron chi connectivity index (χ0n) is 11.7. The molecule has 0 atom stereocenters. The van der Waals surface area contributed by atoms with Gasteiger partial charge in [0.2, 0.25) is 0 Å². The highest BCUT2D eigenvalue weighted by Crippen LogP contribution is 2.54. The Bertz CT molecular complexity index is 512. The fraction of sp³-hybridized carbons (Fsp3) is 0.600. The van der Waals surface area contributed by atoms with Gasteiger partial charge < -0.3 is 19.9 Å². The molecule has 2 aliphatic rings. The van der Waals surface area contributed by atoms with E-state index in [0.717, 1.165) is 40.1 Å². The Kier molecular flexibility index (Phi) is 3.82. The number of benzene rings is 1. The highest BCUT2D eigenvalue weighted by molar-refractivity contribution is 9.10. The molecule has 1 saturated carbocycles. The quantitative estimate of drug-likeness (QED) is 0.918. The Morgan fingerprint density at radius 1 is 1.30 bits per heavy atom. The molecule has 0 saturated heterocycles. The van der Waals surface area contributed by atoms with Gasteiger partial charge in [0.05, 0.1) is 11.6 Å². The van der Waals surface area contributed by atoms with Crippen LogP contribution in [0.4, 0.5) is 0 Å². The average molecular weight is 342 g/mol. The molecule has 1 fully saturated rings. The molecule has 110 valence electrons. The van der Waals surface area contributed by atoms with Crippen molar-refractivity contribution >= 4 is 15.9 Å². The van der Waals surface area contributed by atoms with Crippen LogP contribution in [0.25, 0.3) is 0 Å². The summed E-state index contributed by atoms with van der Waals surface area (Å²) in [6.45, 7) is 1.77. The predicted molar refractivity (Wildman–Crippen MR) is 80.9 cm³/mol. The molecule has 4 nitrogen and oxygen atoms in total. The van der Waals surface area contributed by atoms with Gasteiger partial charge in [-0.25, -0.2) is 0 Å². The third-order valence-electron chi connectivity index (χ3n) is 4.43. The van der Waals surface area contributed by atoms with Crippen molar-refractivity contribution in [2.75, 3.05) is 26.9 Å². The molecule has 1 heterocycles. The van der Waals surface area contributed by atoms with Crippen molar-refractivity contribution in [3.8, 4) is 17.2 Å². The third kappa shape index (κ3) is 2.07. The van der Waals surface area contributed by atoms with Crippen LogP contribution in [0, 0.1) is 0 Å². The SMILES string of the molecule is COc1c(Br)cc2c(c1C1(CN)CCCC1)OCCO2. The van der Waals surface area contributed by atoms with Crippen molar-refractivity contribution in [1.29, 1.82) is 0 Å². The molecule has 2 N–H and O–H groups in total. The van der Waals surface area contributed by atoms with Crippen molar-refractivity contribution in [2.24, 2.45) is 5.73 Å². The van der Waals surface area contributed by atoms with Crippen molar-refractivity contribution in [3.63, 3.8) is 0 Å². The molecule has 0 radical (unpaired) electrons. The number of methoxy groups -OCH3 is 1. The molecule has 0 amide bonds. The summed E-state index contributed by atoms with van der Waals surface area (Å²) in [5.41, 5.74) is 7.17. The molecule has 1 aromatic rings. The Hall–Kier alpha value is -0.940. The Labute approximate surface area is 127 Å². The van der Waals surface area contributed by atoms with Gasteiger partial charge in [-0.1, -0.05) is 12.8 Å². The molecule has 1 aliphatic heterocycles. The molecule has 1 aliphatic carbocycles. The topological polar surface area (TPSA) is 53.7 Å². The van der Waals surface area contributed by atoms with E-state index < -0.39 is 0 Å². The number of hydrogen-bond donors (Lipinski definition) is 1. The van der Waals surface area contributed by atoms with E-state index in [0.29, 0.717) is 19.8 Å². The van der Waals surface area contributed by atoms with E-state index in [-0.39, 0.29) is 5.41 Å². The molecule has 1 aromatic carbocycles. The van der Waals surface area contributed by atoms with Crippen LogP contribution < -0.4 is 19.9 Å². The number of rotatable bonds is 3. The van der Waals surface area contributed by atoms with Crippen molar-refractivity contribution < 1.29 is 14.2 Å². The van der Waals surface area contributed by atoms with Crippen LogP contribution in [0.5, 0.6) is 17.2 Å². The Balaban J connectivity index is 2.23. The maximum atomic E-state index is 6.14. The minimum atomic E-state index is -0.0556. The lowest BCUT2D eigenvalue weighted by Gasteiger charge is -2.34. The second-order valence-electron chi connectivity index (χ2n) is 5.48. The summed E-state index contributed by atoms with van der Waals surface area (Å²) in [4.78, 5) is 0. The number of halogens is 1. The normalized spacial score (nSPS) is 19.9. The van der Waals surface area contributed by atoms with Gasteiger partial charge in [0.25, 0.3) is 0 Å². The lowest BCUT2D eigenvalue weighted by molar-refractivity contribution is 0.165. The minimum Gasteiger partial charge on any atom is -0.495 e. The molecular weight excluding hydrogens is 322 g/mol. The van der Waals surface area contributed by atoms with Crippen LogP contribution in [0.15, 0.2) is 10.5 Å². The van der Waals surface area contributed by atoms with E-state index in [1.165, 1.54) is 12.8 Å². The molecule has 0 aromatic heterocycles. The minimum absolute atomic E-state index is 0.0556. The van der Waals surface area contributed by atoms with Crippen molar-refractivity contribution in [3.05, 3.63) is 16.1 Å².